The van der Waals surface area contributed by atoms with Crippen LogP contribution in [0, 0.1) is 6.23 Å². The molecule has 0 unspecified atom stereocenters. The Hall–Kier alpha value is -0.200. The van der Waals surface area contributed by atoms with Crippen molar-refractivity contribution in [3.63, 3.8) is 0 Å². The maximum Gasteiger partial charge on any atom is 0.162 e. The van der Waals surface area contributed by atoms with Crippen LogP contribution in [-0.2, 0) is 4.74 Å². The van der Waals surface area contributed by atoms with Gasteiger partial charge in [-0.1, -0.05) is 0 Å². The van der Waals surface area contributed by atoms with Crippen molar-refractivity contribution < 1.29 is 20.1 Å². The van der Waals surface area contributed by atoms with E-state index < -0.39 is 18.3 Å². The maximum absolute atomic E-state index is 9.15. The number of hydrogen-bond donors (Lipinski definition) is 4. The highest BCUT2D eigenvalue weighted by Crippen LogP contribution is 2.20. The van der Waals surface area contributed by atoms with Gasteiger partial charge in [0.25, 0.3) is 0 Å². The quantitative estimate of drug-likeness (QED) is 0.355. The summed E-state index contributed by atoms with van der Waals surface area (Å²) in [7, 11) is 0. The Morgan fingerprint density at radius 1 is 1.55 bits per heavy atom. The highest BCUT2D eigenvalue weighted by atomic mass is 16.5. The molecule has 0 aromatic rings. The van der Waals surface area contributed by atoms with Gasteiger partial charge in [0.1, 0.15) is 12.2 Å². The van der Waals surface area contributed by atoms with Gasteiger partial charge >= 0.3 is 0 Å². The summed E-state index contributed by atoms with van der Waals surface area (Å²) in [6.45, 7) is -0.348. The fourth-order valence-corrected chi connectivity index (χ4v) is 1.03. The summed E-state index contributed by atoms with van der Waals surface area (Å²) in [5, 5.41) is 26.9. The Labute approximate surface area is 64.4 Å². The van der Waals surface area contributed by atoms with E-state index in [1.807, 2.05) is 0 Å². The van der Waals surface area contributed by atoms with Gasteiger partial charge in [-0.2, -0.15) is 0 Å². The molecule has 1 saturated heterocycles. The van der Waals surface area contributed by atoms with Gasteiger partial charge in [0.2, 0.25) is 0 Å². The van der Waals surface area contributed by atoms with E-state index >= 15 is 0 Å². The zero-order chi connectivity index (χ0) is 8.43. The third kappa shape index (κ3) is 1.88. The molecule has 5 nitrogen and oxygen atoms in total. The van der Waals surface area contributed by atoms with Crippen molar-refractivity contribution in [1.82, 2.24) is 0 Å². The largest absolute Gasteiger partial charge is 0.394 e. The van der Waals surface area contributed by atoms with E-state index in [1.54, 1.807) is 0 Å². The average Bonchev–Trinajstić information content (AvgIpc) is 1.96. The van der Waals surface area contributed by atoms with Crippen LogP contribution in [0.5, 0.6) is 0 Å². The lowest BCUT2D eigenvalue weighted by Gasteiger charge is -2.33. The predicted molar refractivity (Wildman–Crippen MR) is 36.0 cm³/mol. The molecule has 0 saturated carbocycles. The summed E-state index contributed by atoms with van der Waals surface area (Å²) in [4.78, 5) is 0. The molecule has 0 amide bonds. The van der Waals surface area contributed by atoms with Crippen LogP contribution < -0.4 is 5.73 Å². The Kier molecular flexibility index (Phi) is 2.80. The van der Waals surface area contributed by atoms with Gasteiger partial charge < -0.3 is 20.1 Å². The summed E-state index contributed by atoms with van der Waals surface area (Å²) in [6, 6.07) is 0. The summed E-state index contributed by atoms with van der Waals surface area (Å²) in [5.74, 6) is 0. The van der Waals surface area contributed by atoms with E-state index in [2.05, 4.69) is 0 Å². The van der Waals surface area contributed by atoms with Gasteiger partial charge in [0, 0.05) is 6.42 Å². The number of rotatable bonds is 1. The van der Waals surface area contributed by atoms with E-state index in [0.717, 1.165) is 0 Å². The van der Waals surface area contributed by atoms with Gasteiger partial charge in [0.15, 0.2) is 6.23 Å². The van der Waals surface area contributed by atoms with Gasteiger partial charge in [0.05, 0.1) is 12.7 Å². The summed E-state index contributed by atoms with van der Waals surface area (Å²) >= 11 is 0. The van der Waals surface area contributed by atoms with Gasteiger partial charge in [-0.05, 0) is 0 Å². The second-order valence-electron chi connectivity index (χ2n) is 2.57. The minimum absolute atomic E-state index is 0.123. The molecule has 65 valence electrons. The number of aliphatic hydroxyl groups excluding tert-OH is 3. The van der Waals surface area contributed by atoms with Crippen LogP contribution in [-0.4, -0.2) is 40.2 Å². The van der Waals surface area contributed by atoms with Gasteiger partial charge in [-0.25, -0.2) is 0 Å². The third-order valence-corrected chi connectivity index (χ3v) is 1.67. The monoisotopic (exact) mass is 162 g/mol. The lowest BCUT2D eigenvalue weighted by atomic mass is 10.0. The first-order valence-corrected chi connectivity index (χ1v) is 3.40. The van der Waals surface area contributed by atoms with Crippen LogP contribution in [0.2, 0.25) is 0 Å². The van der Waals surface area contributed by atoms with E-state index in [1.165, 1.54) is 0 Å². The normalized spacial score (nSPS) is 40.9. The minimum Gasteiger partial charge on any atom is -0.394 e. The minimum atomic E-state index is -1.05. The van der Waals surface area contributed by atoms with Crippen LogP contribution in [0.4, 0.5) is 0 Å². The van der Waals surface area contributed by atoms with Crippen molar-refractivity contribution in [2.24, 2.45) is 5.73 Å². The number of aliphatic hydroxyl groups is 3. The molecule has 0 aromatic heterocycles. The highest BCUT2D eigenvalue weighted by Gasteiger charge is 2.35. The summed E-state index contributed by atoms with van der Waals surface area (Å²) in [6.07, 6.45) is -2.49. The Bertz CT molecular complexity index is 132. The second kappa shape index (κ2) is 3.46. The average molecular weight is 162 g/mol. The summed E-state index contributed by atoms with van der Waals surface area (Å²) < 4.78 is 4.85. The molecule has 1 aliphatic rings. The smallest absolute Gasteiger partial charge is 0.162 e. The fraction of sp³-hybridized carbons (Fsp3) is 0.833. The molecule has 11 heavy (non-hydrogen) atoms. The first-order chi connectivity index (χ1) is 5.15. The van der Waals surface area contributed by atoms with Crippen molar-refractivity contribution in [2.45, 2.75) is 24.7 Å². The Morgan fingerprint density at radius 2 is 2.18 bits per heavy atom. The van der Waals surface area contributed by atoms with Gasteiger partial charge in [-0.3, -0.25) is 5.73 Å². The van der Waals surface area contributed by atoms with Crippen LogP contribution in [0.15, 0.2) is 0 Å². The molecule has 1 aliphatic heterocycles. The third-order valence-electron chi connectivity index (χ3n) is 1.67. The maximum atomic E-state index is 9.15. The molecule has 0 spiro atoms. The van der Waals surface area contributed by atoms with E-state index in [0.29, 0.717) is 0 Å². The first-order valence-electron chi connectivity index (χ1n) is 3.40. The van der Waals surface area contributed by atoms with E-state index in [-0.39, 0.29) is 19.3 Å². The molecular weight excluding hydrogens is 150 g/mol. The summed E-state index contributed by atoms with van der Waals surface area (Å²) in [5.41, 5.74) is 5.27. The lowest BCUT2D eigenvalue weighted by molar-refractivity contribution is -0.143. The molecule has 3 atom stereocenters. The fourth-order valence-electron chi connectivity index (χ4n) is 1.03. The van der Waals surface area contributed by atoms with Crippen LogP contribution >= 0.6 is 0 Å². The van der Waals surface area contributed by atoms with Crippen LogP contribution in [0.25, 0.3) is 0 Å². The molecule has 1 heterocycles. The Morgan fingerprint density at radius 3 is 2.73 bits per heavy atom. The van der Waals surface area contributed by atoms with Crippen molar-refractivity contribution in [1.29, 1.82) is 0 Å². The molecule has 5 heteroatoms. The molecule has 1 radical (unpaired) electrons. The molecule has 0 aliphatic carbocycles. The SMILES string of the molecule is N[C]1C[C@@H](O)[C@H](O)[C@@H](CO)O1. The zero-order valence-electron chi connectivity index (χ0n) is 5.97. The number of ether oxygens (including phenoxy) is 1. The topological polar surface area (TPSA) is 95.9 Å². The van der Waals surface area contributed by atoms with E-state index in [9.17, 15) is 0 Å². The highest BCUT2D eigenvalue weighted by molar-refractivity contribution is 4.90. The molecule has 1 rings (SSSR count). The molecule has 1 fully saturated rings. The molecule has 5 N–H and O–H groups in total. The van der Waals surface area contributed by atoms with Crippen molar-refractivity contribution in [3.05, 3.63) is 6.23 Å². The molecular formula is C6H12NO4. The van der Waals surface area contributed by atoms with Gasteiger partial charge in [-0.15, -0.1) is 0 Å². The number of hydrogen-bond acceptors (Lipinski definition) is 5. The predicted octanol–water partition coefficient (Wildman–Crippen LogP) is -2.06. The first kappa shape index (κ1) is 8.89. The van der Waals surface area contributed by atoms with Crippen molar-refractivity contribution >= 4 is 0 Å². The van der Waals surface area contributed by atoms with Crippen molar-refractivity contribution in [3.8, 4) is 0 Å². The molecule has 0 aromatic carbocycles. The zero-order valence-corrected chi connectivity index (χ0v) is 5.97. The van der Waals surface area contributed by atoms with Crippen molar-refractivity contribution in [2.75, 3.05) is 6.61 Å². The van der Waals surface area contributed by atoms with Crippen LogP contribution in [0.1, 0.15) is 6.42 Å². The Balaban J connectivity index is 2.51. The lowest BCUT2D eigenvalue weighted by Crippen LogP contribution is -2.49. The standard InChI is InChI=1S/C6H12NO4/c7-5-1-3(9)6(10)4(2-8)11-5/h3-4,6,8-10H,1-2,7H2/t3-,4-,6+/m1/s1. The van der Waals surface area contributed by atoms with E-state index in [4.69, 9.17) is 25.8 Å². The number of nitrogens with two attached hydrogens (primary N) is 1. The second-order valence-corrected chi connectivity index (χ2v) is 2.57. The van der Waals surface area contributed by atoms with Crippen LogP contribution in [0.3, 0.4) is 0 Å². The molecule has 0 bridgehead atoms.